The van der Waals surface area contributed by atoms with E-state index in [2.05, 4.69) is 25.9 Å². The summed E-state index contributed by atoms with van der Waals surface area (Å²) in [6.45, 7) is 0. The van der Waals surface area contributed by atoms with Gasteiger partial charge in [-0.05, 0) is 30.3 Å². The first-order chi connectivity index (χ1) is 9.95. The molecular weight excluding hydrogens is 385 g/mol. The second-order valence-electron chi connectivity index (χ2n) is 4.25. The van der Waals surface area contributed by atoms with Gasteiger partial charge < -0.3 is 0 Å². The number of nitrogens with zero attached hydrogens (tertiary/aromatic N) is 2. The van der Waals surface area contributed by atoms with E-state index >= 15 is 0 Å². The zero-order chi connectivity index (χ0) is 15.1. The van der Waals surface area contributed by atoms with Crippen molar-refractivity contribution in [2.45, 2.75) is 0 Å². The normalized spacial score (nSPS) is 11.1. The minimum atomic E-state index is -0.606. The molecule has 1 aromatic heterocycles. The Kier molecular flexibility index (Phi) is 3.82. The van der Waals surface area contributed by atoms with Crippen molar-refractivity contribution >= 4 is 50.0 Å². The van der Waals surface area contributed by atoms with E-state index in [1.807, 2.05) is 0 Å². The topological polar surface area (TPSA) is 25.8 Å². The number of fused-ring (bicyclic) bond motifs is 1. The number of halogens is 5. The fourth-order valence-corrected chi connectivity index (χ4v) is 2.66. The second kappa shape index (κ2) is 5.48. The summed E-state index contributed by atoms with van der Waals surface area (Å²) in [5.74, 6) is -1.02. The van der Waals surface area contributed by atoms with Crippen LogP contribution in [0.3, 0.4) is 0 Å². The van der Waals surface area contributed by atoms with Crippen LogP contribution in [0.5, 0.6) is 0 Å². The molecule has 0 amide bonds. The highest BCUT2D eigenvalue weighted by Gasteiger charge is 2.13. The van der Waals surface area contributed by atoms with E-state index in [1.54, 1.807) is 12.1 Å². The zero-order valence-corrected chi connectivity index (χ0v) is 13.3. The Balaban J connectivity index is 2.27. The number of benzene rings is 2. The molecule has 0 fully saturated rings. The lowest BCUT2D eigenvalue weighted by molar-refractivity contribution is 0.628. The lowest BCUT2D eigenvalue weighted by Crippen LogP contribution is -1.95. The Morgan fingerprint density at radius 1 is 0.952 bits per heavy atom. The van der Waals surface area contributed by atoms with E-state index < -0.39 is 11.6 Å². The molecule has 0 atom stereocenters. The SMILES string of the molecule is Fc1cc(-c2nc(Cl)c3cc(Br)cc(F)c3n2)ccc1Cl. The molecule has 0 aliphatic carbocycles. The van der Waals surface area contributed by atoms with E-state index in [-0.39, 0.29) is 21.5 Å². The molecule has 3 aromatic rings. The van der Waals surface area contributed by atoms with E-state index in [1.165, 1.54) is 18.2 Å². The van der Waals surface area contributed by atoms with Gasteiger partial charge in [-0.1, -0.05) is 39.1 Å². The maximum absolute atomic E-state index is 14.0. The Labute approximate surface area is 136 Å². The molecule has 2 nitrogen and oxygen atoms in total. The standard InChI is InChI=1S/C14H5BrCl2F2N2/c15-7-4-8-12(11(19)5-7)20-14(21-13(8)17)6-1-2-9(16)10(18)3-6/h1-5H. The van der Waals surface area contributed by atoms with Gasteiger partial charge in [0.2, 0.25) is 0 Å². The summed E-state index contributed by atoms with van der Waals surface area (Å²) in [4.78, 5) is 8.20. The summed E-state index contributed by atoms with van der Waals surface area (Å²) in [6.07, 6.45) is 0. The van der Waals surface area contributed by atoms with Crippen LogP contribution in [0, 0.1) is 11.6 Å². The molecule has 3 rings (SSSR count). The average Bonchev–Trinajstić information content (AvgIpc) is 2.43. The van der Waals surface area contributed by atoms with Gasteiger partial charge in [-0.25, -0.2) is 18.7 Å². The molecular formula is C14H5BrCl2F2N2. The highest BCUT2D eigenvalue weighted by Crippen LogP contribution is 2.30. The third kappa shape index (κ3) is 2.73. The van der Waals surface area contributed by atoms with Gasteiger partial charge in [0.15, 0.2) is 11.6 Å². The van der Waals surface area contributed by atoms with E-state index in [0.29, 0.717) is 15.4 Å². The number of hydrogen-bond donors (Lipinski definition) is 0. The van der Waals surface area contributed by atoms with Crippen LogP contribution in [0.2, 0.25) is 10.2 Å². The first-order valence-corrected chi connectivity index (χ1v) is 7.28. The third-order valence-corrected chi connectivity index (χ3v) is 3.90. The monoisotopic (exact) mass is 388 g/mol. The number of hydrogen-bond acceptors (Lipinski definition) is 2. The average molecular weight is 390 g/mol. The molecule has 0 saturated carbocycles. The predicted octanol–water partition coefficient (Wildman–Crippen LogP) is 5.64. The maximum atomic E-state index is 14.0. The first-order valence-electron chi connectivity index (χ1n) is 5.73. The van der Waals surface area contributed by atoms with Crippen LogP contribution in [0.15, 0.2) is 34.8 Å². The van der Waals surface area contributed by atoms with Crippen molar-refractivity contribution in [3.63, 3.8) is 0 Å². The number of aromatic nitrogens is 2. The minimum absolute atomic E-state index is 0.0132. The van der Waals surface area contributed by atoms with Gasteiger partial charge in [-0.15, -0.1) is 0 Å². The number of rotatable bonds is 1. The highest BCUT2D eigenvalue weighted by atomic mass is 79.9. The summed E-state index contributed by atoms with van der Waals surface area (Å²) in [7, 11) is 0. The van der Waals surface area contributed by atoms with Gasteiger partial charge in [0, 0.05) is 15.4 Å². The second-order valence-corrected chi connectivity index (χ2v) is 5.93. The van der Waals surface area contributed by atoms with E-state index in [4.69, 9.17) is 23.2 Å². The van der Waals surface area contributed by atoms with Crippen molar-refractivity contribution in [3.8, 4) is 11.4 Å². The summed E-state index contributed by atoms with van der Waals surface area (Å²) >= 11 is 14.9. The Hall–Kier alpha value is -1.30. The minimum Gasteiger partial charge on any atom is -0.225 e. The van der Waals surface area contributed by atoms with Crippen LogP contribution in [0.1, 0.15) is 0 Å². The molecule has 0 N–H and O–H groups in total. The molecule has 0 spiro atoms. The van der Waals surface area contributed by atoms with Gasteiger partial charge in [0.25, 0.3) is 0 Å². The maximum Gasteiger partial charge on any atom is 0.161 e. The molecule has 2 aromatic carbocycles. The molecule has 21 heavy (non-hydrogen) atoms. The highest BCUT2D eigenvalue weighted by molar-refractivity contribution is 9.10. The van der Waals surface area contributed by atoms with Gasteiger partial charge in [-0.3, -0.25) is 0 Å². The van der Waals surface area contributed by atoms with E-state index in [0.717, 1.165) is 0 Å². The molecule has 0 unspecified atom stereocenters. The van der Waals surface area contributed by atoms with Crippen molar-refractivity contribution in [2.24, 2.45) is 0 Å². The van der Waals surface area contributed by atoms with Crippen molar-refractivity contribution in [2.75, 3.05) is 0 Å². The molecule has 106 valence electrons. The smallest absolute Gasteiger partial charge is 0.161 e. The Morgan fingerprint density at radius 3 is 2.43 bits per heavy atom. The summed E-state index contributed by atoms with van der Waals surface area (Å²) < 4.78 is 28.0. The Bertz CT molecular complexity index is 871. The van der Waals surface area contributed by atoms with Crippen LogP contribution in [-0.2, 0) is 0 Å². The quantitative estimate of drug-likeness (QED) is 0.503. The molecule has 0 bridgehead atoms. The van der Waals surface area contributed by atoms with Crippen LogP contribution in [-0.4, -0.2) is 9.97 Å². The lowest BCUT2D eigenvalue weighted by Gasteiger charge is -2.06. The van der Waals surface area contributed by atoms with Crippen LogP contribution in [0.25, 0.3) is 22.3 Å². The van der Waals surface area contributed by atoms with Crippen molar-refractivity contribution in [1.29, 1.82) is 0 Å². The molecule has 0 aliphatic rings. The van der Waals surface area contributed by atoms with Gasteiger partial charge in [0.05, 0.1) is 5.02 Å². The summed E-state index contributed by atoms with van der Waals surface area (Å²) in [5, 5.41) is 0.452. The van der Waals surface area contributed by atoms with Gasteiger partial charge >= 0.3 is 0 Å². The largest absolute Gasteiger partial charge is 0.225 e. The van der Waals surface area contributed by atoms with Crippen LogP contribution >= 0.6 is 39.1 Å². The third-order valence-electron chi connectivity index (χ3n) is 2.85. The van der Waals surface area contributed by atoms with Crippen LogP contribution < -0.4 is 0 Å². The summed E-state index contributed by atoms with van der Waals surface area (Å²) in [6, 6.07) is 6.99. The lowest BCUT2D eigenvalue weighted by atomic mass is 10.2. The zero-order valence-electron chi connectivity index (χ0n) is 10.2. The fraction of sp³-hybridized carbons (Fsp3) is 0. The van der Waals surface area contributed by atoms with Crippen molar-refractivity contribution in [3.05, 3.63) is 56.6 Å². The van der Waals surface area contributed by atoms with Crippen molar-refractivity contribution < 1.29 is 8.78 Å². The predicted molar refractivity (Wildman–Crippen MR) is 82.6 cm³/mol. The fourth-order valence-electron chi connectivity index (χ4n) is 1.89. The molecule has 7 heteroatoms. The van der Waals surface area contributed by atoms with Crippen molar-refractivity contribution in [1.82, 2.24) is 9.97 Å². The molecule has 0 radical (unpaired) electrons. The molecule has 1 heterocycles. The Morgan fingerprint density at radius 2 is 1.71 bits per heavy atom. The first kappa shape index (κ1) is 14.6. The van der Waals surface area contributed by atoms with E-state index in [9.17, 15) is 8.78 Å². The molecule has 0 aliphatic heterocycles. The van der Waals surface area contributed by atoms with Crippen LogP contribution in [0.4, 0.5) is 8.78 Å². The molecule has 0 saturated heterocycles. The van der Waals surface area contributed by atoms with Gasteiger partial charge in [0.1, 0.15) is 16.5 Å². The summed E-state index contributed by atoms with van der Waals surface area (Å²) in [5.41, 5.74) is 0.437. The van der Waals surface area contributed by atoms with Gasteiger partial charge in [-0.2, -0.15) is 0 Å².